The molecule has 9 heteroatoms. The highest BCUT2D eigenvalue weighted by atomic mass is 79.9. The minimum Gasteiger partial charge on any atom is -0.489 e. The second-order valence-electron chi connectivity index (χ2n) is 7.23. The topological polar surface area (TPSA) is 83.9 Å². The molecule has 6 nitrogen and oxygen atoms in total. The number of halogens is 2. The first kappa shape index (κ1) is 22.1. The lowest BCUT2D eigenvalue weighted by Crippen LogP contribution is -2.44. The van der Waals surface area contributed by atoms with E-state index in [1.807, 2.05) is 13.8 Å². The number of carboxylic acid groups (broad SMARTS) is 1. The standard InChI is InChI=1S/C18H25BrFNO5S/c1-12(2)9-13(18(22)23)11-27(24,25)21-7-5-15(6-8-21)26-17-4-3-14(20)10-16(17)19/h3-4,10,12-13,15H,5-9,11H2,1-2H3,(H,22,23). The number of rotatable bonds is 8. The number of nitrogens with zero attached hydrogens (tertiary/aromatic N) is 1. The van der Waals surface area contributed by atoms with E-state index < -0.39 is 21.9 Å². The number of ether oxygens (including phenoxy) is 1. The van der Waals surface area contributed by atoms with Gasteiger partial charge in [0.05, 0.1) is 16.1 Å². The summed E-state index contributed by atoms with van der Waals surface area (Å²) in [6.45, 7) is 4.30. The van der Waals surface area contributed by atoms with Gasteiger partial charge in [0.2, 0.25) is 10.0 Å². The van der Waals surface area contributed by atoms with Crippen molar-refractivity contribution < 1.29 is 27.4 Å². The van der Waals surface area contributed by atoms with Crippen LogP contribution in [0.5, 0.6) is 5.75 Å². The van der Waals surface area contributed by atoms with Crippen molar-refractivity contribution in [2.24, 2.45) is 11.8 Å². The molecule has 1 heterocycles. The van der Waals surface area contributed by atoms with Crippen LogP contribution in [-0.4, -0.2) is 48.7 Å². The largest absolute Gasteiger partial charge is 0.489 e. The van der Waals surface area contributed by atoms with E-state index in [0.29, 0.717) is 29.5 Å². The maximum atomic E-state index is 13.1. The Morgan fingerprint density at radius 2 is 2.00 bits per heavy atom. The predicted octanol–water partition coefficient (Wildman–Crippen LogP) is 3.51. The van der Waals surface area contributed by atoms with Gasteiger partial charge in [0.25, 0.3) is 0 Å². The molecule has 1 atom stereocenters. The first-order chi connectivity index (χ1) is 12.6. The van der Waals surface area contributed by atoms with E-state index in [9.17, 15) is 22.7 Å². The van der Waals surface area contributed by atoms with Gasteiger partial charge in [-0.3, -0.25) is 4.79 Å². The van der Waals surface area contributed by atoms with Gasteiger partial charge >= 0.3 is 5.97 Å². The quantitative estimate of drug-likeness (QED) is 0.634. The number of hydrogen-bond acceptors (Lipinski definition) is 4. The van der Waals surface area contributed by atoms with Crippen LogP contribution >= 0.6 is 15.9 Å². The molecule has 0 aromatic heterocycles. The minimum absolute atomic E-state index is 0.106. The van der Waals surface area contributed by atoms with Gasteiger partial charge in [-0.1, -0.05) is 13.8 Å². The fourth-order valence-electron chi connectivity index (χ4n) is 3.15. The van der Waals surface area contributed by atoms with Crippen molar-refractivity contribution in [1.82, 2.24) is 4.31 Å². The van der Waals surface area contributed by atoms with E-state index in [-0.39, 0.29) is 36.7 Å². The molecule has 27 heavy (non-hydrogen) atoms. The summed E-state index contributed by atoms with van der Waals surface area (Å²) in [6, 6.07) is 4.15. The van der Waals surface area contributed by atoms with Crippen LogP contribution < -0.4 is 4.74 Å². The summed E-state index contributed by atoms with van der Waals surface area (Å²) in [5.41, 5.74) is 0. The lowest BCUT2D eigenvalue weighted by molar-refractivity contribution is -0.141. The SMILES string of the molecule is CC(C)CC(CS(=O)(=O)N1CCC(Oc2ccc(F)cc2Br)CC1)C(=O)O. The van der Waals surface area contributed by atoms with Gasteiger partial charge in [-0.25, -0.2) is 17.1 Å². The number of sulfonamides is 1. The molecule has 1 N–H and O–H groups in total. The summed E-state index contributed by atoms with van der Waals surface area (Å²) in [4.78, 5) is 11.4. The van der Waals surface area contributed by atoms with Gasteiger partial charge in [0, 0.05) is 13.1 Å². The Hall–Kier alpha value is -1.19. The van der Waals surface area contributed by atoms with Crippen molar-refractivity contribution >= 4 is 31.9 Å². The molecule has 1 fully saturated rings. The second kappa shape index (κ2) is 9.34. The zero-order valence-corrected chi connectivity index (χ0v) is 17.8. The number of carboxylic acids is 1. The molecule has 1 aromatic rings. The average molecular weight is 466 g/mol. The fraction of sp³-hybridized carbons (Fsp3) is 0.611. The second-order valence-corrected chi connectivity index (χ2v) is 10.1. The zero-order valence-electron chi connectivity index (χ0n) is 15.4. The molecule has 0 saturated carbocycles. The Kier molecular flexibility index (Phi) is 7.64. The van der Waals surface area contributed by atoms with Gasteiger partial charge in [0.15, 0.2) is 0 Å². The first-order valence-corrected chi connectivity index (χ1v) is 11.3. The third-order valence-corrected chi connectivity index (χ3v) is 7.09. The number of benzene rings is 1. The van der Waals surface area contributed by atoms with Crippen LogP contribution in [-0.2, 0) is 14.8 Å². The molecule has 0 aliphatic carbocycles. The third kappa shape index (κ3) is 6.43. The van der Waals surface area contributed by atoms with Gasteiger partial charge in [-0.15, -0.1) is 0 Å². The first-order valence-electron chi connectivity index (χ1n) is 8.91. The van der Waals surface area contributed by atoms with E-state index in [4.69, 9.17) is 4.74 Å². The minimum atomic E-state index is -3.65. The normalized spacial score (nSPS) is 17.8. The molecular formula is C18H25BrFNO5S. The van der Waals surface area contributed by atoms with Crippen LogP contribution in [0.2, 0.25) is 0 Å². The predicted molar refractivity (Wildman–Crippen MR) is 104 cm³/mol. The van der Waals surface area contributed by atoms with Gasteiger partial charge in [0.1, 0.15) is 17.7 Å². The number of carbonyl (C=O) groups is 1. The molecule has 0 radical (unpaired) electrons. The summed E-state index contributed by atoms with van der Waals surface area (Å²) in [5.74, 6) is -2.11. The summed E-state index contributed by atoms with van der Waals surface area (Å²) in [5, 5.41) is 9.30. The monoisotopic (exact) mass is 465 g/mol. The van der Waals surface area contributed by atoms with Crippen LogP contribution in [0.4, 0.5) is 4.39 Å². The number of hydrogen-bond donors (Lipinski definition) is 1. The molecule has 1 unspecified atom stereocenters. The van der Waals surface area contributed by atoms with E-state index in [1.54, 1.807) is 0 Å². The molecule has 2 rings (SSSR count). The summed E-state index contributed by atoms with van der Waals surface area (Å²) in [6.07, 6.45) is 1.13. The van der Waals surface area contributed by atoms with Gasteiger partial charge < -0.3 is 9.84 Å². The lowest BCUT2D eigenvalue weighted by atomic mass is 9.99. The fourth-order valence-corrected chi connectivity index (χ4v) is 5.36. The molecule has 152 valence electrons. The van der Waals surface area contributed by atoms with Crippen LogP contribution in [0.25, 0.3) is 0 Å². The zero-order chi connectivity index (χ0) is 20.2. The molecule has 1 aliphatic heterocycles. The van der Waals surface area contributed by atoms with Crippen molar-refractivity contribution in [3.8, 4) is 5.75 Å². The number of piperidine rings is 1. The Bertz CT molecular complexity index is 763. The summed E-state index contributed by atoms with van der Waals surface area (Å²) in [7, 11) is -3.65. The maximum absolute atomic E-state index is 13.1. The average Bonchev–Trinajstić information content (AvgIpc) is 2.56. The molecule has 1 aliphatic rings. The van der Waals surface area contributed by atoms with E-state index >= 15 is 0 Å². The van der Waals surface area contributed by atoms with Gasteiger partial charge in [-0.05, 0) is 59.3 Å². The molecule has 0 amide bonds. The van der Waals surface area contributed by atoms with E-state index in [0.717, 1.165) is 0 Å². The van der Waals surface area contributed by atoms with Crippen LogP contribution in [0, 0.1) is 17.7 Å². The Morgan fingerprint density at radius 3 is 2.52 bits per heavy atom. The highest BCUT2D eigenvalue weighted by Crippen LogP contribution is 2.29. The van der Waals surface area contributed by atoms with Crippen molar-refractivity contribution in [3.05, 3.63) is 28.5 Å². The third-order valence-electron chi connectivity index (χ3n) is 4.50. The highest BCUT2D eigenvalue weighted by molar-refractivity contribution is 9.10. The Balaban J connectivity index is 1.94. The molecule has 1 aromatic carbocycles. The molecule has 1 saturated heterocycles. The summed E-state index contributed by atoms with van der Waals surface area (Å²) < 4.78 is 46.1. The molecule has 0 bridgehead atoms. The van der Waals surface area contributed by atoms with Crippen LogP contribution in [0.3, 0.4) is 0 Å². The lowest BCUT2D eigenvalue weighted by Gasteiger charge is -2.32. The van der Waals surface area contributed by atoms with E-state index in [2.05, 4.69) is 15.9 Å². The maximum Gasteiger partial charge on any atom is 0.307 e. The highest BCUT2D eigenvalue weighted by Gasteiger charge is 2.33. The van der Waals surface area contributed by atoms with E-state index in [1.165, 1.54) is 22.5 Å². The van der Waals surface area contributed by atoms with Crippen LogP contribution in [0.15, 0.2) is 22.7 Å². The van der Waals surface area contributed by atoms with Crippen molar-refractivity contribution in [2.45, 2.75) is 39.2 Å². The number of aliphatic carboxylic acids is 1. The smallest absolute Gasteiger partial charge is 0.307 e. The van der Waals surface area contributed by atoms with Gasteiger partial charge in [-0.2, -0.15) is 0 Å². The van der Waals surface area contributed by atoms with Crippen molar-refractivity contribution in [3.63, 3.8) is 0 Å². The Labute approximate surface area is 167 Å². The Morgan fingerprint density at radius 1 is 1.37 bits per heavy atom. The van der Waals surface area contributed by atoms with Crippen molar-refractivity contribution in [2.75, 3.05) is 18.8 Å². The summed E-state index contributed by atoms with van der Waals surface area (Å²) >= 11 is 3.25. The van der Waals surface area contributed by atoms with Crippen molar-refractivity contribution in [1.29, 1.82) is 0 Å². The van der Waals surface area contributed by atoms with Crippen LogP contribution in [0.1, 0.15) is 33.1 Å². The molecular weight excluding hydrogens is 441 g/mol. The molecule has 0 spiro atoms.